The molecule has 0 bridgehead atoms. The molecule has 0 atom stereocenters. The van der Waals surface area contributed by atoms with Gasteiger partial charge in [-0.1, -0.05) is 0 Å². The van der Waals surface area contributed by atoms with Crippen LogP contribution in [0.2, 0.25) is 0 Å². The van der Waals surface area contributed by atoms with E-state index < -0.39 is 5.41 Å². The number of piperazine rings is 1. The van der Waals surface area contributed by atoms with E-state index in [1.165, 1.54) is 0 Å². The lowest BCUT2D eigenvalue weighted by molar-refractivity contribution is -0.140. The fraction of sp³-hybridized carbons (Fsp3) is 0.706. The maximum absolute atomic E-state index is 12.8. The van der Waals surface area contributed by atoms with Crippen LogP contribution in [0.5, 0.6) is 0 Å². The highest BCUT2D eigenvalue weighted by atomic mass is 35.5. The summed E-state index contributed by atoms with van der Waals surface area (Å²) in [4.78, 5) is 28.9. The molecule has 0 spiro atoms. The molecular weight excluding hydrogens is 328 g/mol. The van der Waals surface area contributed by atoms with Crippen LogP contribution in [0.1, 0.15) is 42.7 Å². The van der Waals surface area contributed by atoms with Gasteiger partial charge < -0.3 is 9.80 Å². The lowest BCUT2D eigenvalue weighted by atomic mass is 9.94. The third-order valence-electron chi connectivity index (χ3n) is 4.98. The van der Waals surface area contributed by atoms with Crippen LogP contribution in [0.4, 0.5) is 0 Å². The predicted octanol–water partition coefficient (Wildman–Crippen LogP) is 1.77. The van der Waals surface area contributed by atoms with Crippen molar-refractivity contribution in [3.05, 3.63) is 17.5 Å². The third kappa shape index (κ3) is 3.16. The van der Waals surface area contributed by atoms with E-state index in [1.807, 2.05) is 28.3 Å². The Hall–Kier alpha value is -1.56. The number of hydrogen-bond donors (Lipinski definition) is 0. The first kappa shape index (κ1) is 17.3. The first-order valence-corrected chi connectivity index (χ1v) is 9.17. The minimum absolute atomic E-state index is 0.0434. The SMILES string of the molecule is CC(C)(CCl)C(=O)N1CCN(C(=O)c2cnn3c2CCCC3)CC1. The highest BCUT2D eigenvalue weighted by molar-refractivity contribution is 6.19. The van der Waals surface area contributed by atoms with E-state index in [2.05, 4.69) is 5.10 Å². The molecule has 132 valence electrons. The molecule has 3 rings (SSSR count). The number of halogens is 1. The number of carbonyl (C=O) groups is 2. The van der Waals surface area contributed by atoms with Gasteiger partial charge in [0.05, 0.1) is 22.9 Å². The lowest BCUT2D eigenvalue weighted by Gasteiger charge is -2.38. The second kappa shape index (κ2) is 6.75. The summed E-state index contributed by atoms with van der Waals surface area (Å²) in [5.41, 5.74) is 1.24. The molecule has 7 heteroatoms. The molecule has 0 unspecified atom stereocenters. The summed E-state index contributed by atoms with van der Waals surface area (Å²) in [6.45, 7) is 6.88. The quantitative estimate of drug-likeness (QED) is 0.779. The van der Waals surface area contributed by atoms with Crippen molar-refractivity contribution in [1.82, 2.24) is 19.6 Å². The molecule has 0 N–H and O–H groups in total. The summed E-state index contributed by atoms with van der Waals surface area (Å²) < 4.78 is 1.96. The average molecular weight is 353 g/mol. The van der Waals surface area contributed by atoms with E-state index in [0.29, 0.717) is 32.1 Å². The monoisotopic (exact) mass is 352 g/mol. The Morgan fingerprint density at radius 3 is 2.46 bits per heavy atom. The van der Waals surface area contributed by atoms with Crippen molar-refractivity contribution in [1.29, 1.82) is 0 Å². The summed E-state index contributed by atoms with van der Waals surface area (Å²) in [7, 11) is 0. The van der Waals surface area contributed by atoms with Gasteiger partial charge in [0.2, 0.25) is 5.91 Å². The van der Waals surface area contributed by atoms with Crippen molar-refractivity contribution >= 4 is 23.4 Å². The van der Waals surface area contributed by atoms with Gasteiger partial charge >= 0.3 is 0 Å². The Kier molecular flexibility index (Phi) is 4.85. The van der Waals surface area contributed by atoms with Crippen LogP contribution < -0.4 is 0 Å². The molecular formula is C17H25ClN4O2. The summed E-state index contributed by atoms with van der Waals surface area (Å²) in [5.74, 6) is 0.405. The zero-order valence-electron chi connectivity index (χ0n) is 14.4. The Morgan fingerprint density at radius 1 is 1.12 bits per heavy atom. The summed E-state index contributed by atoms with van der Waals surface area (Å²) in [5, 5.41) is 4.35. The second-order valence-electron chi connectivity index (χ2n) is 7.29. The standard InChI is InChI=1S/C17H25ClN4O2/c1-17(2,12-18)16(24)21-9-7-20(8-10-21)15(23)13-11-19-22-6-4-3-5-14(13)22/h11H,3-10,12H2,1-2H3. The normalized spacial score (nSPS) is 18.5. The Labute approximate surface area is 147 Å². The molecule has 2 aliphatic rings. The molecule has 0 radical (unpaired) electrons. The molecule has 1 aromatic heterocycles. The highest BCUT2D eigenvalue weighted by Gasteiger charge is 2.34. The van der Waals surface area contributed by atoms with Crippen LogP contribution in [0, 0.1) is 5.41 Å². The molecule has 0 aliphatic carbocycles. The van der Waals surface area contributed by atoms with Crippen molar-refractivity contribution in [2.75, 3.05) is 32.1 Å². The number of aryl methyl sites for hydroxylation is 1. The highest BCUT2D eigenvalue weighted by Crippen LogP contribution is 2.23. The van der Waals surface area contributed by atoms with Gasteiger partial charge in [-0.2, -0.15) is 5.10 Å². The maximum Gasteiger partial charge on any atom is 0.257 e. The number of amides is 2. The van der Waals surface area contributed by atoms with Crippen LogP contribution >= 0.6 is 11.6 Å². The fourth-order valence-corrected chi connectivity index (χ4v) is 3.48. The van der Waals surface area contributed by atoms with E-state index in [4.69, 9.17) is 11.6 Å². The molecule has 0 saturated carbocycles. The van der Waals surface area contributed by atoms with Crippen molar-refractivity contribution in [3.63, 3.8) is 0 Å². The summed E-state index contributed by atoms with van der Waals surface area (Å²) in [6, 6.07) is 0. The number of fused-ring (bicyclic) bond motifs is 1. The Morgan fingerprint density at radius 2 is 1.79 bits per heavy atom. The zero-order valence-corrected chi connectivity index (χ0v) is 15.2. The summed E-state index contributed by atoms with van der Waals surface area (Å²) >= 11 is 5.90. The number of hydrogen-bond acceptors (Lipinski definition) is 3. The van der Waals surface area contributed by atoms with Crippen molar-refractivity contribution in [2.24, 2.45) is 5.41 Å². The maximum atomic E-state index is 12.8. The van der Waals surface area contributed by atoms with Gasteiger partial charge in [0, 0.05) is 38.6 Å². The number of alkyl halides is 1. The van der Waals surface area contributed by atoms with E-state index in [9.17, 15) is 9.59 Å². The first-order chi connectivity index (χ1) is 11.4. The minimum Gasteiger partial charge on any atom is -0.339 e. The second-order valence-corrected chi connectivity index (χ2v) is 7.55. The molecule has 2 aliphatic heterocycles. The molecule has 6 nitrogen and oxygen atoms in total. The van der Waals surface area contributed by atoms with E-state index in [0.717, 1.165) is 37.1 Å². The molecule has 2 amide bonds. The van der Waals surface area contributed by atoms with E-state index in [1.54, 1.807) is 6.20 Å². The average Bonchev–Trinajstić information content (AvgIpc) is 3.04. The van der Waals surface area contributed by atoms with Crippen LogP contribution in [0.25, 0.3) is 0 Å². The smallest absolute Gasteiger partial charge is 0.257 e. The molecule has 1 saturated heterocycles. The molecule has 1 fully saturated rings. The molecule has 1 aromatic rings. The number of aromatic nitrogens is 2. The van der Waals surface area contributed by atoms with Crippen molar-refractivity contribution in [2.45, 2.75) is 39.7 Å². The van der Waals surface area contributed by atoms with Gasteiger partial charge in [0.1, 0.15) is 0 Å². The van der Waals surface area contributed by atoms with Gasteiger partial charge in [-0.3, -0.25) is 14.3 Å². The first-order valence-electron chi connectivity index (χ1n) is 8.63. The van der Waals surface area contributed by atoms with E-state index in [-0.39, 0.29) is 11.8 Å². The Bertz CT molecular complexity index is 633. The zero-order chi connectivity index (χ0) is 17.3. The van der Waals surface area contributed by atoms with Crippen LogP contribution in [-0.2, 0) is 17.8 Å². The van der Waals surface area contributed by atoms with Crippen molar-refractivity contribution < 1.29 is 9.59 Å². The topological polar surface area (TPSA) is 58.4 Å². The Balaban J connectivity index is 1.64. The van der Waals surface area contributed by atoms with Gasteiger partial charge in [-0.25, -0.2) is 0 Å². The number of carbonyl (C=O) groups excluding carboxylic acids is 2. The summed E-state index contributed by atoms with van der Waals surface area (Å²) in [6.07, 6.45) is 4.86. The van der Waals surface area contributed by atoms with Gasteiger partial charge in [0.15, 0.2) is 0 Å². The fourth-order valence-electron chi connectivity index (χ4n) is 3.37. The molecule has 24 heavy (non-hydrogen) atoms. The van der Waals surface area contributed by atoms with Gasteiger partial charge in [-0.15, -0.1) is 11.6 Å². The molecule has 0 aromatic carbocycles. The van der Waals surface area contributed by atoms with Crippen LogP contribution in [-0.4, -0.2) is 63.5 Å². The number of rotatable bonds is 3. The third-order valence-corrected chi connectivity index (χ3v) is 5.65. The molecule has 3 heterocycles. The largest absolute Gasteiger partial charge is 0.339 e. The lowest BCUT2D eigenvalue weighted by Crippen LogP contribution is -2.53. The van der Waals surface area contributed by atoms with Crippen molar-refractivity contribution in [3.8, 4) is 0 Å². The number of nitrogens with zero attached hydrogens (tertiary/aromatic N) is 4. The van der Waals surface area contributed by atoms with Gasteiger partial charge in [0.25, 0.3) is 5.91 Å². The van der Waals surface area contributed by atoms with Crippen LogP contribution in [0.3, 0.4) is 0 Å². The van der Waals surface area contributed by atoms with E-state index >= 15 is 0 Å². The predicted molar refractivity (Wildman–Crippen MR) is 92.1 cm³/mol. The minimum atomic E-state index is -0.557. The van der Waals surface area contributed by atoms with Crippen LogP contribution in [0.15, 0.2) is 6.20 Å². The van der Waals surface area contributed by atoms with Gasteiger partial charge in [-0.05, 0) is 33.1 Å².